The third-order valence-corrected chi connectivity index (χ3v) is 3.45. The molecule has 0 aliphatic carbocycles. The molecule has 0 spiro atoms. The van der Waals surface area contributed by atoms with E-state index >= 15 is 0 Å². The summed E-state index contributed by atoms with van der Waals surface area (Å²) in [5.41, 5.74) is 1.92. The Hall–Kier alpha value is -1.35. The summed E-state index contributed by atoms with van der Waals surface area (Å²) < 4.78 is 4.69. The first kappa shape index (κ1) is 16.7. The minimum absolute atomic E-state index is 0.266. The third-order valence-electron chi connectivity index (χ3n) is 3.45. The van der Waals surface area contributed by atoms with Gasteiger partial charge in [0.15, 0.2) is 0 Å². The smallest absolute Gasteiger partial charge is 0.337 e. The second-order valence-corrected chi connectivity index (χ2v) is 5.51. The van der Waals surface area contributed by atoms with E-state index in [4.69, 9.17) is 0 Å². The highest BCUT2D eigenvalue weighted by Gasteiger charge is 2.03. The molecule has 1 aromatic carbocycles. The Balaban J connectivity index is 2.14. The van der Waals surface area contributed by atoms with Gasteiger partial charge in [0, 0.05) is 0 Å². The lowest BCUT2D eigenvalue weighted by atomic mass is 10.0. The summed E-state index contributed by atoms with van der Waals surface area (Å²) in [7, 11) is 5.66. The fraction of sp³-hybridized carbons (Fsp3) is 0.588. The molecule has 112 valence electrons. The van der Waals surface area contributed by atoms with Gasteiger partial charge in [-0.3, -0.25) is 0 Å². The second-order valence-electron chi connectivity index (χ2n) is 5.51. The van der Waals surface area contributed by atoms with Crippen molar-refractivity contribution in [3.05, 3.63) is 35.4 Å². The molecule has 0 aromatic heterocycles. The Labute approximate surface area is 122 Å². The zero-order valence-corrected chi connectivity index (χ0v) is 13.0. The van der Waals surface area contributed by atoms with Crippen LogP contribution in [0.5, 0.6) is 0 Å². The number of benzene rings is 1. The first-order valence-corrected chi connectivity index (χ1v) is 7.45. The van der Waals surface area contributed by atoms with Gasteiger partial charge in [-0.05, 0) is 57.6 Å². The van der Waals surface area contributed by atoms with Crippen LogP contribution in [0.1, 0.15) is 48.0 Å². The van der Waals surface area contributed by atoms with Gasteiger partial charge in [-0.2, -0.15) is 0 Å². The van der Waals surface area contributed by atoms with Crippen LogP contribution in [0.4, 0.5) is 0 Å². The van der Waals surface area contributed by atoms with Crippen LogP contribution < -0.4 is 0 Å². The van der Waals surface area contributed by atoms with Gasteiger partial charge < -0.3 is 9.64 Å². The molecule has 0 aliphatic heterocycles. The molecule has 0 amide bonds. The first-order valence-electron chi connectivity index (χ1n) is 7.45. The number of methoxy groups -OCH3 is 1. The number of hydrogen-bond donors (Lipinski definition) is 0. The van der Waals surface area contributed by atoms with Crippen LogP contribution in [0.25, 0.3) is 0 Å². The number of aryl methyl sites for hydroxylation is 1. The van der Waals surface area contributed by atoms with Crippen molar-refractivity contribution in [2.45, 2.75) is 38.5 Å². The summed E-state index contributed by atoms with van der Waals surface area (Å²) in [5, 5.41) is 0. The monoisotopic (exact) mass is 277 g/mol. The van der Waals surface area contributed by atoms with Crippen LogP contribution >= 0.6 is 0 Å². The molecule has 0 atom stereocenters. The molecule has 1 aromatic rings. The molecule has 0 saturated carbocycles. The number of unbranched alkanes of at least 4 members (excludes halogenated alkanes) is 4. The number of carbonyl (C=O) groups excluding carboxylic acids is 1. The maximum atomic E-state index is 11.3. The van der Waals surface area contributed by atoms with Crippen LogP contribution in [0.15, 0.2) is 24.3 Å². The number of rotatable bonds is 9. The minimum Gasteiger partial charge on any atom is -0.465 e. The Morgan fingerprint density at radius 3 is 2.20 bits per heavy atom. The van der Waals surface area contributed by atoms with Crippen molar-refractivity contribution in [1.82, 2.24) is 4.90 Å². The van der Waals surface area contributed by atoms with Crippen LogP contribution in [-0.2, 0) is 11.2 Å². The Bertz CT molecular complexity index is 384. The van der Waals surface area contributed by atoms with Gasteiger partial charge in [0.25, 0.3) is 0 Å². The lowest BCUT2D eigenvalue weighted by Gasteiger charge is -2.08. The number of hydrogen-bond acceptors (Lipinski definition) is 3. The van der Waals surface area contributed by atoms with E-state index < -0.39 is 0 Å². The average Bonchev–Trinajstić information content (AvgIpc) is 2.45. The third kappa shape index (κ3) is 6.71. The molecule has 0 radical (unpaired) electrons. The minimum atomic E-state index is -0.266. The molecular formula is C17H27NO2. The molecule has 0 unspecified atom stereocenters. The molecule has 20 heavy (non-hydrogen) atoms. The van der Waals surface area contributed by atoms with E-state index in [1.807, 2.05) is 24.3 Å². The molecule has 3 nitrogen and oxygen atoms in total. The topological polar surface area (TPSA) is 29.5 Å². The van der Waals surface area contributed by atoms with Crippen LogP contribution in [-0.4, -0.2) is 38.6 Å². The van der Waals surface area contributed by atoms with E-state index in [1.165, 1.54) is 51.3 Å². The molecule has 0 aliphatic rings. The van der Waals surface area contributed by atoms with Gasteiger partial charge in [-0.15, -0.1) is 0 Å². The number of nitrogens with zero attached hydrogens (tertiary/aromatic N) is 1. The maximum absolute atomic E-state index is 11.3. The maximum Gasteiger partial charge on any atom is 0.337 e. The molecule has 0 N–H and O–H groups in total. The summed E-state index contributed by atoms with van der Waals surface area (Å²) >= 11 is 0. The Morgan fingerprint density at radius 1 is 1.00 bits per heavy atom. The van der Waals surface area contributed by atoms with Gasteiger partial charge in [-0.25, -0.2) is 4.79 Å². The molecule has 0 heterocycles. The normalized spacial score (nSPS) is 10.8. The highest BCUT2D eigenvalue weighted by atomic mass is 16.5. The van der Waals surface area contributed by atoms with Crippen molar-refractivity contribution in [3.8, 4) is 0 Å². The summed E-state index contributed by atoms with van der Waals surface area (Å²) in [6, 6.07) is 7.74. The Morgan fingerprint density at radius 2 is 1.60 bits per heavy atom. The van der Waals surface area contributed by atoms with E-state index in [9.17, 15) is 4.79 Å². The van der Waals surface area contributed by atoms with Gasteiger partial charge in [0.05, 0.1) is 12.7 Å². The van der Waals surface area contributed by atoms with Gasteiger partial charge in [0.1, 0.15) is 0 Å². The number of carbonyl (C=O) groups is 1. The van der Waals surface area contributed by atoms with Crippen LogP contribution in [0, 0.1) is 0 Å². The largest absolute Gasteiger partial charge is 0.465 e. The van der Waals surface area contributed by atoms with E-state index in [2.05, 4.69) is 23.7 Å². The second kappa shape index (κ2) is 9.54. The summed E-state index contributed by atoms with van der Waals surface area (Å²) in [6.07, 6.45) is 7.52. The van der Waals surface area contributed by atoms with Gasteiger partial charge in [0.2, 0.25) is 0 Å². The fourth-order valence-corrected chi connectivity index (χ4v) is 2.21. The number of ether oxygens (including phenoxy) is 1. The molecular weight excluding hydrogens is 250 g/mol. The lowest BCUT2D eigenvalue weighted by molar-refractivity contribution is 0.0600. The highest BCUT2D eigenvalue weighted by Crippen LogP contribution is 2.11. The predicted octanol–water partition coefficient (Wildman–Crippen LogP) is 3.53. The lowest BCUT2D eigenvalue weighted by Crippen LogP contribution is -2.12. The number of esters is 1. The standard InChI is InChI=1S/C17H27NO2/c1-18(2)14-8-6-4-5-7-9-15-10-12-16(13-11-15)17(19)20-3/h10-13H,4-9,14H2,1-3H3. The first-order chi connectivity index (χ1) is 9.63. The molecule has 1 rings (SSSR count). The van der Waals surface area contributed by atoms with E-state index in [1.54, 1.807) is 0 Å². The molecule has 0 saturated heterocycles. The van der Waals surface area contributed by atoms with Gasteiger partial charge >= 0.3 is 5.97 Å². The molecule has 0 fully saturated rings. The van der Waals surface area contributed by atoms with E-state index in [-0.39, 0.29) is 5.97 Å². The average molecular weight is 277 g/mol. The molecule has 3 heteroatoms. The SMILES string of the molecule is COC(=O)c1ccc(CCCCCCCN(C)C)cc1. The van der Waals surface area contributed by atoms with Crippen molar-refractivity contribution >= 4 is 5.97 Å². The van der Waals surface area contributed by atoms with Gasteiger partial charge in [-0.1, -0.05) is 31.4 Å². The van der Waals surface area contributed by atoms with Crippen molar-refractivity contribution in [2.24, 2.45) is 0 Å². The predicted molar refractivity (Wildman–Crippen MR) is 83.1 cm³/mol. The zero-order valence-electron chi connectivity index (χ0n) is 13.0. The summed E-state index contributed by atoms with van der Waals surface area (Å²) in [5.74, 6) is -0.266. The zero-order chi connectivity index (χ0) is 14.8. The molecule has 0 bridgehead atoms. The van der Waals surface area contributed by atoms with E-state index in [0.29, 0.717) is 5.56 Å². The fourth-order valence-electron chi connectivity index (χ4n) is 2.21. The van der Waals surface area contributed by atoms with Crippen molar-refractivity contribution in [2.75, 3.05) is 27.7 Å². The Kier molecular flexibility index (Phi) is 7.97. The quantitative estimate of drug-likeness (QED) is 0.511. The van der Waals surface area contributed by atoms with Crippen molar-refractivity contribution in [3.63, 3.8) is 0 Å². The highest BCUT2D eigenvalue weighted by molar-refractivity contribution is 5.89. The van der Waals surface area contributed by atoms with Crippen LogP contribution in [0.3, 0.4) is 0 Å². The van der Waals surface area contributed by atoms with Crippen LogP contribution in [0.2, 0.25) is 0 Å². The van der Waals surface area contributed by atoms with Crippen molar-refractivity contribution < 1.29 is 9.53 Å². The van der Waals surface area contributed by atoms with Crippen molar-refractivity contribution in [1.29, 1.82) is 0 Å². The van der Waals surface area contributed by atoms with E-state index in [0.717, 1.165) is 6.42 Å². The summed E-state index contributed by atoms with van der Waals surface area (Å²) in [6.45, 7) is 1.19. The summed E-state index contributed by atoms with van der Waals surface area (Å²) in [4.78, 5) is 13.5.